The Hall–Kier alpha value is -2.15. The lowest BCUT2D eigenvalue weighted by atomic mass is 9.92. The summed E-state index contributed by atoms with van der Waals surface area (Å²) in [5, 5.41) is 11.7. The van der Waals surface area contributed by atoms with Gasteiger partial charge >= 0.3 is 0 Å². The van der Waals surface area contributed by atoms with E-state index in [0.717, 1.165) is 50.2 Å². The SMILES string of the molecule is CCn1nccc1C1CCN(C(=O)c2n[nH]c3c2C[C@H](C)O[C@@H]3C)CC1. The van der Waals surface area contributed by atoms with Crippen LogP contribution in [0.25, 0.3) is 0 Å². The molecule has 2 aliphatic heterocycles. The molecule has 0 aliphatic carbocycles. The third-order valence-corrected chi connectivity index (χ3v) is 5.69. The predicted molar refractivity (Wildman–Crippen MR) is 97.0 cm³/mol. The van der Waals surface area contributed by atoms with Crippen LogP contribution in [0, 0.1) is 0 Å². The van der Waals surface area contributed by atoms with Crippen molar-refractivity contribution in [3.63, 3.8) is 0 Å². The lowest BCUT2D eigenvalue weighted by Gasteiger charge is -2.32. The Kier molecular flexibility index (Phi) is 4.56. The van der Waals surface area contributed by atoms with Crippen molar-refractivity contribution < 1.29 is 9.53 Å². The largest absolute Gasteiger partial charge is 0.369 e. The van der Waals surface area contributed by atoms with Crippen LogP contribution in [-0.2, 0) is 17.7 Å². The summed E-state index contributed by atoms with van der Waals surface area (Å²) >= 11 is 0. The van der Waals surface area contributed by atoms with Gasteiger partial charge in [0.1, 0.15) is 0 Å². The Bertz CT molecular complexity index is 788. The molecule has 4 heterocycles. The number of ether oxygens (including phenoxy) is 1. The van der Waals surface area contributed by atoms with E-state index in [0.29, 0.717) is 11.6 Å². The number of carbonyl (C=O) groups excluding carboxylic acids is 1. The second kappa shape index (κ2) is 6.87. The number of hydrogen-bond donors (Lipinski definition) is 1. The summed E-state index contributed by atoms with van der Waals surface area (Å²) in [5.41, 5.74) is 3.86. The Labute approximate surface area is 153 Å². The van der Waals surface area contributed by atoms with Crippen molar-refractivity contribution >= 4 is 5.91 Å². The molecule has 7 heteroatoms. The Morgan fingerprint density at radius 3 is 2.85 bits per heavy atom. The molecule has 140 valence electrons. The number of nitrogens with zero attached hydrogens (tertiary/aromatic N) is 4. The fourth-order valence-corrected chi connectivity index (χ4v) is 4.33. The van der Waals surface area contributed by atoms with Crippen molar-refractivity contribution in [3.8, 4) is 0 Å². The average molecular weight is 357 g/mol. The molecule has 7 nitrogen and oxygen atoms in total. The number of likely N-dealkylation sites (tertiary alicyclic amines) is 1. The van der Waals surface area contributed by atoms with Gasteiger partial charge in [-0.2, -0.15) is 10.2 Å². The third kappa shape index (κ3) is 2.94. The number of fused-ring (bicyclic) bond motifs is 1. The average Bonchev–Trinajstić information content (AvgIpc) is 3.28. The minimum Gasteiger partial charge on any atom is -0.369 e. The Morgan fingerprint density at radius 2 is 2.12 bits per heavy atom. The highest BCUT2D eigenvalue weighted by atomic mass is 16.5. The topological polar surface area (TPSA) is 76.0 Å². The summed E-state index contributed by atoms with van der Waals surface area (Å²) in [4.78, 5) is 15.0. The van der Waals surface area contributed by atoms with Crippen molar-refractivity contribution in [2.24, 2.45) is 0 Å². The molecule has 2 aromatic rings. The number of nitrogens with one attached hydrogen (secondary N) is 1. The van der Waals surface area contributed by atoms with E-state index in [9.17, 15) is 4.79 Å². The van der Waals surface area contributed by atoms with Crippen LogP contribution in [0.2, 0.25) is 0 Å². The fraction of sp³-hybridized carbons (Fsp3) is 0.632. The molecular formula is C19H27N5O2. The minimum absolute atomic E-state index is 0.0390. The molecule has 0 spiro atoms. The normalized spacial score (nSPS) is 23.9. The second-order valence-electron chi connectivity index (χ2n) is 7.40. The van der Waals surface area contributed by atoms with E-state index in [1.165, 1.54) is 5.69 Å². The zero-order chi connectivity index (χ0) is 18.3. The van der Waals surface area contributed by atoms with Crippen LogP contribution < -0.4 is 0 Å². The molecule has 0 aromatic carbocycles. The van der Waals surface area contributed by atoms with Crippen molar-refractivity contribution in [1.82, 2.24) is 24.9 Å². The number of aromatic amines is 1. The van der Waals surface area contributed by atoms with Gasteiger partial charge in [0, 0.05) is 49.4 Å². The molecule has 2 aromatic heterocycles. The van der Waals surface area contributed by atoms with Gasteiger partial charge in [0.15, 0.2) is 5.69 Å². The van der Waals surface area contributed by atoms with Crippen molar-refractivity contribution in [1.29, 1.82) is 0 Å². The highest BCUT2D eigenvalue weighted by molar-refractivity contribution is 5.94. The summed E-state index contributed by atoms with van der Waals surface area (Å²) in [7, 11) is 0. The van der Waals surface area contributed by atoms with Crippen molar-refractivity contribution in [2.75, 3.05) is 13.1 Å². The Morgan fingerprint density at radius 1 is 1.35 bits per heavy atom. The predicted octanol–water partition coefficient (Wildman–Crippen LogP) is 2.67. The van der Waals surface area contributed by atoms with Gasteiger partial charge in [-0.1, -0.05) is 0 Å². The van der Waals surface area contributed by atoms with E-state index >= 15 is 0 Å². The summed E-state index contributed by atoms with van der Waals surface area (Å²) < 4.78 is 7.89. The van der Waals surface area contributed by atoms with Gasteiger partial charge in [-0.15, -0.1) is 0 Å². The zero-order valence-electron chi connectivity index (χ0n) is 15.7. The van der Waals surface area contributed by atoms with Gasteiger partial charge in [-0.25, -0.2) is 0 Å². The molecule has 1 amide bonds. The number of piperidine rings is 1. The van der Waals surface area contributed by atoms with Crippen LogP contribution in [0.5, 0.6) is 0 Å². The van der Waals surface area contributed by atoms with E-state index in [1.54, 1.807) is 0 Å². The smallest absolute Gasteiger partial charge is 0.274 e. The maximum atomic E-state index is 13.0. The molecule has 1 N–H and O–H groups in total. The van der Waals surface area contributed by atoms with Gasteiger partial charge in [0.05, 0.1) is 17.9 Å². The van der Waals surface area contributed by atoms with E-state index in [2.05, 4.69) is 33.0 Å². The van der Waals surface area contributed by atoms with E-state index in [4.69, 9.17) is 4.74 Å². The summed E-state index contributed by atoms with van der Waals surface area (Å²) in [6, 6.07) is 2.11. The zero-order valence-corrected chi connectivity index (χ0v) is 15.7. The van der Waals surface area contributed by atoms with E-state index in [1.807, 2.05) is 24.9 Å². The number of rotatable bonds is 3. The number of H-pyrrole nitrogens is 1. The molecule has 0 bridgehead atoms. The molecule has 4 rings (SSSR count). The molecule has 2 aliphatic rings. The van der Waals surface area contributed by atoms with Gasteiger partial charge < -0.3 is 9.64 Å². The molecular weight excluding hydrogens is 330 g/mol. The van der Waals surface area contributed by atoms with Gasteiger partial charge in [0.25, 0.3) is 5.91 Å². The first-order valence-corrected chi connectivity index (χ1v) is 9.62. The van der Waals surface area contributed by atoms with Gasteiger partial charge in [0.2, 0.25) is 0 Å². The maximum Gasteiger partial charge on any atom is 0.274 e. The first-order chi connectivity index (χ1) is 12.6. The highest BCUT2D eigenvalue weighted by Gasteiger charge is 2.33. The van der Waals surface area contributed by atoms with Crippen LogP contribution in [0.4, 0.5) is 0 Å². The van der Waals surface area contributed by atoms with Crippen LogP contribution in [0.15, 0.2) is 12.3 Å². The molecule has 0 unspecified atom stereocenters. The monoisotopic (exact) mass is 357 g/mol. The van der Waals surface area contributed by atoms with Crippen LogP contribution in [0.1, 0.15) is 73.1 Å². The van der Waals surface area contributed by atoms with Crippen molar-refractivity contribution in [3.05, 3.63) is 34.9 Å². The van der Waals surface area contributed by atoms with Crippen LogP contribution in [-0.4, -0.2) is 50.0 Å². The third-order valence-electron chi connectivity index (χ3n) is 5.69. The standard InChI is InChI=1S/C19H27N5O2/c1-4-24-16(5-8-20-24)14-6-9-23(10-7-14)19(25)18-15-11-12(2)26-13(3)17(15)21-22-18/h5,8,12-14H,4,6-7,9-11H2,1-3H3,(H,21,22)/t12-,13+/m0/s1. The maximum absolute atomic E-state index is 13.0. The second-order valence-corrected chi connectivity index (χ2v) is 7.40. The number of carbonyl (C=O) groups is 1. The van der Waals surface area contributed by atoms with Crippen LogP contribution >= 0.6 is 0 Å². The van der Waals surface area contributed by atoms with Gasteiger partial charge in [-0.05, 0) is 39.7 Å². The molecule has 26 heavy (non-hydrogen) atoms. The number of aryl methyl sites for hydroxylation is 1. The number of aromatic nitrogens is 4. The quantitative estimate of drug-likeness (QED) is 0.916. The van der Waals surface area contributed by atoms with E-state index < -0.39 is 0 Å². The number of amides is 1. The minimum atomic E-state index is -0.0390. The fourth-order valence-electron chi connectivity index (χ4n) is 4.33. The highest BCUT2D eigenvalue weighted by Crippen LogP contribution is 2.32. The van der Waals surface area contributed by atoms with Gasteiger partial charge in [-0.3, -0.25) is 14.6 Å². The first kappa shape index (κ1) is 17.3. The lowest BCUT2D eigenvalue weighted by Crippen LogP contribution is -2.39. The van der Waals surface area contributed by atoms with Crippen LogP contribution in [0.3, 0.4) is 0 Å². The molecule has 1 saturated heterocycles. The lowest BCUT2D eigenvalue weighted by molar-refractivity contribution is -0.00703. The molecule has 2 atom stereocenters. The summed E-state index contributed by atoms with van der Waals surface area (Å²) in [6.07, 6.45) is 4.63. The molecule has 1 fully saturated rings. The molecule has 0 radical (unpaired) electrons. The summed E-state index contributed by atoms with van der Waals surface area (Å²) in [5.74, 6) is 0.522. The Balaban J connectivity index is 1.46. The first-order valence-electron chi connectivity index (χ1n) is 9.62. The van der Waals surface area contributed by atoms with E-state index in [-0.39, 0.29) is 18.1 Å². The summed E-state index contributed by atoms with van der Waals surface area (Å²) in [6.45, 7) is 8.58. The molecule has 0 saturated carbocycles. The number of hydrogen-bond acceptors (Lipinski definition) is 4. The van der Waals surface area contributed by atoms with Crippen molar-refractivity contribution in [2.45, 2.75) is 64.7 Å².